The highest BCUT2D eigenvalue weighted by Gasteiger charge is 2.37. The van der Waals surface area contributed by atoms with E-state index in [9.17, 15) is 13.2 Å². The lowest BCUT2D eigenvalue weighted by atomic mass is 10.2. The van der Waals surface area contributed by atoms with Crippen molar-refractivity contribution in [3.8, 4) is 0 Å². The quantitative estimate of drug-likeness (QED) is 0.110. The molecule has 194 valence electrons. The highest BCUT2D eigenvalue weighted by Crippen LogP contribution is 2.20. The summed E-state index contributed by atoms with van der Waals surface area (Å²) in [5.41, 5.74) is -5.65. The van der Waals surface area contributed by atoms with Gasteiger partial charge in [-0.3, -0.25) is 14.4 Å². The molecule has 0 heterocycles. The van der Waals surface area contributed by atoms with Crippen molar-refractivity contribution in [1.29, 1.82) is 0 Å². The molecule has 0 saturated heterocycles. The first kappa shape index (κ1) is 33.1. The minimum atomic E-state index is -6.09. The van der Waals surface area contributed by atoms with E-state index in [0.717, 1.165) is 13.1 Å². The number of alkyl halides is 3. The van der Waals surface area contributed by atoms with Crippen LogP contribution in [0, 0.1) is 0 Å². The number of guanidine groups is 1. The molecular formula is C22H46F3N3O3S. The first-order valence-corrected chi connectivity index (χ1v) is 13.5. The number of hydrogen-bond donors (Lipinski definition) is 0. The lowest BCUT2D eigenvalue weighted by Crippen LogP contribution is -2.51. The van der Waals surface area contributed by atoms with Gasteiger partial charge in [0, 0.05) is 0 Å². The topological polar surface area (TPSA) is 66.7 Å². The molecule has 0 radical (unpaired) electrons. The average Bonchev–Trinajstić information content (AvgIpc) is 2.72. The van der Waals surface area contributed by atoms with Gasteiger partial charge in [0.1, 0.15) is 0 Å². The van der Waals surface area contributed by atoms with Crippen LogP contribution in [0.25, 0.3) is 0 Å². The summed E-state index contributed by atoms with van der Waals surface area (Å²) in [5.74, 6) is 1.52. The van der Waals surface area contributed by atoms with Crippen LogP contribution in [0.4, 0.5) is 13.2 Å². The van der Waals surface area contributed by atoms with Gasteiger partial charge in [0.2, 0.25) is 0 Å². The van der Waals surface area contributed by atoms with Gasteiger partial charge in [0.05, 0.1) is 39.3 Å². The molecule has 0 aromatic heterocycles. The van der Waals surface area contributed by atoms with E-state index in [1.807, 2.05) is 0 Å². The van der Waals surface area contributed by atoms with Crippen LogP contribution in [-0.2, 0) is 10.1 Å². The highest BCUT2D eigenvalue weighted by molar-refractivity contribution is 7.86. The summed E-state index contributed by atoms with van der Waals surface area (Å²) in [4.78, 5) is 5.29. The largest absolute Gasteiger partial charge is 0.741 e. The van der Waals surface area contributed by atoms with Gasteiger partial charge < -0.3 is 4.55 Å². The number of unbranched alkanes of at least 4 members (excludes halogenated alkanes) is 4. The standard InChI is InChI=1S/C21H46N3.CHF3O3S/c1-7-13-17-23(18-14-8-2)21(22(11-5)12-6)24(19-15-9-3)20-16-10-4;2-1(3,4)8(5,6)7/h7-20H2,1-6H3;(H,5,6,7)/q+1;/p-1. The molecule has 0 aliphatic rings. The van der Waals surface area contributed by atoms with E-state index < -0.39 is 15.6 Å². The van der Waals surface area contributed by atoms with E-state index in [-0.39, 0.29) is 0 Å². The van der Waals surface area contributed by atoms with Crippen molar-refractivity contribution in [2.75, 3.05) is 39.3 Å². The molecule has 0 amide bonds. The maximum atomic E-state index is 10.7. The predicted octanol–water partition coefficient (Wildman–Crippen LogP) is 5.25. The van der Waals surface area contributed by atoms with Crippen molar-refractivity contribution in [2.24, 2.45) is 0 Å². The Morgan fingerprint density at radius 1 is 0.750 bits per heavy atom. The molecule has 10 heteroatoms. The summed E-state index contributed by atoms with van der Waals surface area (Å²) in [6, 6.07) is 0. The molecule has 0 aromatic rings. The Kier molecular flexibility index (Phi) is 19.1. The molecule has 0 unspecified atom stereocenters. The van der Waals surface area contributed by atoms with Gasteiger partial charge in [-0.2, -0.15) is 13.2 Å². The molecule has 0 bridgehead atoms. The van der Waals surface area contributed by atoms with E-state index in [2.05, 4.69) is 55.9 Å². The third-order valence-corrected chi connectivity index (χ3v) is 5.59. The molecule has 0 N–H and O–H groups in total. The van der Waals surface area contributed by atoms with Crippen LogP contribution in [0.2, 0.25) is 0 Å². The number of hydrogen-bond acceptors (Lipinski definition) is 3. The maximum absolute atomic E-state index is 10.7. The maximum Gasteiger partial charge on any atom is 0.485 e. The van der Waals surface area contributed by atoms with Gasteiger partial charge in [-0.1, -0.05) is 53.4 Å². The summed E-state index contributed by atoms with van der Waals surface area (Å²) in [7, 11) is -6.09. The van der Waals surface area contributed by atoms with Crippen LogP contribution >= 0.6 is 0 Å². The van der Waals surface area contributed by atoms with Crippen LogP contribution in [0.1, 0.15) is 92.9 Å². The summed E-state index contributed by atoms with van der Waals surface area (Å²) in [6.07, 6.45) is 10.3. The van der Waals surface area contributed by atoms with Crippen LogP contribution in [0.3, 0.4) is 0 Å². The fourth-order valence-electron chi connectivity index (χ4n) is 3.13. The molecule has 6 nitrogen and oxygen atoms in total. The van der Waals surface area contributed by atoms with Gasteiger partial charge in [-0.15, -0.1) is 0 Å². The molecule has 0 fully saturated rings. The molecule has 0 aliphatic heterocycles. The Hall–Kier alpha value is -1.03. The second kappa shape index (κ2) is 18.4. The predicted molar refractivity (Wildman–Crippen MR) is 125 cm³/mol. The second-order valence-corrected chi connectivity index (χ2v) is 9.13. The van der Waals surface area contributed by atoms with Crippen molar-refractivity contribution in [1.82, 2.24) is 9.80 Å². The van der Waals surface area contributed by atoms with Crippen molar-refractivity contribution >= 4 is 16.1 Å². The average molecular weight is 490 g/mol. The number of rotatable bonds is 14. The molecular weight excluding hydrogens is 443 g/mol. The van der Waals surface area contributed by atoms with Crippen LogP contribution in [0.5, 0.6) is 0 Å². The van der Waals surface area contributed by atoms with Gasteiger partial charge in [-0.05, 0) is 39.5 Å². The SMILES string of the molecule is CCCCN(CCCC)C(N(CC)CC)=[N+](CCCC)CCCC.O=S(=O)([O-])C(F)(F)F. The smallest absolute Gasteiger partial charge is 0.485 e. The summed E-state index contributed by atoms with van der Waals surface area (Å²) >= 11 is 0. The monoisotopic (exact) mass is 489 g/mol. The van der Waals surface area contributed by atoms with Crippen molar-refractivity contribution in [3.63, 3.8) is 0 Å². The first-order valence-electron chi connectivity index (χ1n) is 12.1. The van der Waals surface area contributed by atoms with Gasteiger partial charge >= 0.3 is 11.5 Å². The summed E-state index contributed by atoms with van der Waals surface area (Å²) in [5, 5.41) is 0. The Labute approximate surface area is 194 Å². The van der Waals surface area contributed by atoms with E-state index in [0.29, 0.717) is 0 Å². The molecule has 0 aromatic carbocycles. The van der Waals surface area contributed by atoms with E-state index in [4.69, 9.17) is 13.0 Å². The zero-order valence-electron chi connectivity index (χ0n) is 21.0. The summed E-state index contributed by atoms with van der Waals surface area (Å²) in [6.45, 7) is 20.9. The molecule has 0 spiro atoms. The lowest BCUT2D eigenvalue weighted by Gasteiger charge is -2.30. The molecule has 0 rings (SSSR count). The summed E-state index contributed by atoms with van der Waals surface area (Å²) < 4.78 is 61.6. The zero-order chi connectivity index (χ0) is 25.2. The Balaban J connectivity index is 0. The highest BCUT2D eigenvalue weighted by atomic mass is 32.2. The van der Waals surface area contributed by atoms with E-state index in [1.165, 1.54) is 83.5 Å². The minimum absolute atomic E-state index is 1.11. The van der Waals surface area contributed by atoms with Gasteiger partial charge in [0.15, 0.2) is 10.1 Å². The zero-order valence-corrected chi connectivity index (χ0v) is 21.8. The van der Waals surface area contributed by atoms with Crippen LogP contribution < -0.4 is 0 Å². The van der Waals surface area contributed by atoms with Crippen LogP contribution in [-0.4, -0.2) is 78.1 Å². The molecule has 0 atom stereocenters. The Morgan fingerprint density at radius 3 is 1.34 bits per heavy atom. The van der Waals surface area contributed by atoms with Gasteiger partial charge in [0.25, 0.3) is 0 Å². The Bertz CT molecular complexity index is 575. The first-order chi connectivity index (χ1) is 14.9. The fraction of sp³-hybridized carbons (Fsp3) is 0.955. The van der Waals surface area contributed by atoms with Crippen molar-refractivity contribution in [2.45, 2.75) is 98.4 Å². The van der Waals surface area contributed by atoms with Gasteiger partial charge in [-0.25, -0.2) is 8.42 Å². The molecule has 32 heavy (non-hydrogen) atoms. The second-order valence-electron chi connectivity index (χ2n) is 7.76. The minimum Gasteiger partial charge on any atom is -0.741 e. The van der Waals surface area contributed by atoms with Crippen molar-refractivity contribution in [3.05, 3.63) is 0 Å². The number of halogens is 3. The third-order valence-electron chi connectivity index (χ3n) is 5.02. The number of nitrogens with zero attached hydrogens (tertiary/aromatic N) is 3. The third kappa shape index (κ3) is 14.2. The molecule has 0 saturated carbocycles. The van der Waals surface area contributed by atoms with Crippen molar-refractivity contribution < 1.29 is 30.7 Å². The fourth-order valence-corrected chi connectivity index (χ4v) is 3.13. The molecule has 0 aliphatic carbocycles. The Morgan fingerprint density at radius 2 is 1.09 bits per heavy atom. The normalized spacial score (nSPS) is 11.6. The van der Waals surface area contributed by atoms with E-state index in [1.54, 1.807) is 0 Å². The van der Waals surface area contributed by atoms with E-state index >= 15 is 0 Å². The van der Waals surface area contributed by atoms with Crippen LogP contribution in [0.15, 0.2) is 0 Å². The lowest BCUT2D eigenvalue weighted by molar-refractivity contribution is -0.539.